The molecule has 0 bridgehead atoms. The largest absolute Gasteiger partial charge is 0.497 e. The zero-order chi connectivity index (χ0) is 24.7. The van der Waals surface area contributed by atoms with E-state index in [1.165, 1.54) is 6.08 Å². The number of hydrogen-bond acceptors (Lipinski definition) is 7. The fraction of sp³-hybridized carbons (Fsp3) is 0.375. The lowest BCUT2D eigenvalue weighted by atomic mass is 10.1. The number of anilines is 1. The molecule has 2 heterocycles. The van der Waals surface area contributed by atoms with Crippen LogP contribution in [0.15, 0.2) is 30.9 Å². The van der Waals surface area contributed by atoms with Crippen molar-refractivity contribution in [3.05, 3.63) is 47.7 Å². The van der Waals surface area contributed by atoms with Gasteiger partial charge in [-0.25, -0.2) is 4.68 Å². The van der Waals surface area contributed by atoms with E-state index in [2.05, 4.69) is 28.8 Å². The van der Waals surface area contributed by atoms with Gasteiger partial charge < -0.3 is 30.2 Å². The zero-order valence-electron chi connectivity index (χ0n) is 19.6. The SMILES string of the molecule is C=CC(=O)N1CC[C@H](n2nc(C#Cc3cc(OC)cc(OC)c3)c(C(N)=O)c2NCCOC)C1. The molecule has 1 aliphatic rings. The number of hydrogen-bond donors (Lipinski definition) is 2. The molecule has 1 aromatic heterocycles. The molecule has 34 heavy (non-hydrogen) atoms. The van der Waals surface area contributed by atoms with Gasteiger partial charge in [0.25, 0.3) is 5.91 Å². The van der Waals surface area contributed by atoms with Crippen LogP contribution in [-0.2, 0) is 9.53 Å². The van der Waals surface area contributed by atoms with Crippen molar-refractivity contribution in [1.82, 2.24) is 14.7 Å². The molecule has 0 unspecified atom stereocenters. The summed E-state index contributed by atoms with van der Waals surface area (Å²) >= 11 is 0. The highest BCUT2D eigenvalue weighted by atomic mass is 16.5. The topological polar surface area (TPSA) is 121 Å². The molecule has 0 spiro atoms. The second-order valence-corrected chi connectivity index (χ2v) is 7.58. The van der Waals surface area contributed by atoms with Crippen molar-refractivity contribution in [2.45, 2.75) is 12.5 Å². The van der Waals surface area contributed by atoms with E-state index < -0.39 is 5.91 Å². The minimum atomic E-state index is -0.657. The first-order valence-electron chi connectivity index (χ1n) is 10.7. The number of likely N-dealkylation sites (tertiary alicyclic amines) is 1. The van der Waals surface area contributed by atoms with Crippen LogP contribution in [0, 0.1) is 11.8 Å². The summed E-state index contributed by atoms with van der Waals surface area (Å²) < 4.78 is 17.4. The summed E-state index contributed by atoms with van der Waals surface area (Å²) in [6, 6.07) is 5.09. The summed E-state index contributed by atoms with van der Waals surface area (Å²) in [5, 5.41) is 7.82. The van der Waals surface area contributed by atoms with E-state index in [-0.39, 0.29) is 23.2 Å². The van der Waals surface area contributed by atoms with Crippen LogP contribution in [0.2, 0.25) is 0 Å². The van der Waals surface area contributed by atoms with E-state index in [9.17, 15) is 9.59 Å². The van der Waals surface area contributed by atoms with Crippen molar-refractivity contribution in [2.75, 3.05) is 52.9 Å². The normalized spacial score (nSPS) is 14.8. The fourth-order valence-electron chi connectivity index (χ4n) is 3.74. The summed E-state index contributed by atoms with van der Waals surface area (Å²) in [6.07, 6.45) is 1.95. The van der Waals surface area contributed by atoms with Crippen molar-refractivity contribution in [3.63, 3.8) is 0 Å². The van der Waals surface area contributed by atoms with Crippen LogP contribution < -0.4 is 20.5 Å². The Hall–Kier alpha value is -3.97. The van der Waals surface area contributed by atoms with Gasteiger partial charge in [-0.15, -0.1) is 0 Å². The van der Waals surface area contributed by atoms with Gasteiger partial charge in [0, 0.05) is 38.4 Å². The minimum Gasteiger partial charge on any atom is -0.497 e. The second-order valence-electron chi connectivity index (χ2n) is 7.58. The third-order valence-corrected chi connectivity index (χ3v) is 5.43. The molecule has 10 nitrogen and oxygen atoms in total. The molecule has 1 atom stereocenters. The van der Waals surface area contributed by atoms with Crippen LogP contribution in [0.4, 0.5) is 5.82 Å². The average molecular weight is 468 g/mol. The van der Waals surface area contributed by atoms with E-state index in [0.29, 0.717) is 55.5 Å². The summed E-state index contributed by atoms with van der Waals surface area (Å²) in [5.41, 5.74) is 6.79. The first-order valence-corrected chi connectivity index (χ1v) is 10.7. The van der Waals surface area contributed by atoms with Gasteiger partial charge in [0.05, 0.1) is 26.9 Å². The Morgan fingerprint density at radius 1 is 1.24 bits per heavy atom. The maximum atomic E-state index is 12.4. The molecule has 2 aromatic rings. The Bertz CT molecular complexity index is 1110. The molecule has 10 heteroatoms. The predicted molar refractivity (Wildman–Crippen MR) is 127 cm³/mol. The molecule has 1 saturated heterocycles. The molecular formula is C24H29N5O5. The first kappa shape index (κ1) is 24.7. The van der Waals surface area contributed by atoms with E-state index in [1.54, 1.807) is 49.1 Å². The maximum Gasteiger partial charge on any atom is 0.255 e. The van der Waals surface area contributed by atoms with Crippen LogP contribution in [0.1, 0.15) is 34.1 Å². The molecule has 0 saturated carbocycles. The second kappa shape index (κ2) is 11.2. The van der Waals surface area contributed by atoms with Gasteiger partial charge in [0.1, 0.15) is 22.9 Å². The number of nitrogens with one attached hydrogen (secondary N) is 1. The van der Waals surface area contributed by atoms with Gasteiger partial charge in [-0.3, -0.25) is 9.59 Å². The molecule has 2 amide bonds. The smallest absolute Gasteiger partial charge is 0.255 e. The predicted octanol–water partition coefficient (Wildman–Crippen LogP) is 1.42. The van der Waals surface area contributed by atoms with Gasteiger partial charge in [-0.1, -0.05) is 12.5 Å². The van der Waals surface area contributed by atoms with Gasteiger partial charge in [0.15, 0.2) is 5.69 Å². The standard InChI is InChI=1S/C24H29N5O5/c1-5-21(30)28-10-8-17(15-28)29-24(26-9-11-32-2)22(23(25)31)20(27-29)7-6-16-12-18(33-3)14-19(13-16)34-4/h5,12-14,17,26H,1,8-11,15H2,2-4H3,(H2,25,31)/t17-/m0/s1. The number of amides is 2. The van der Waals surface area contributed by atoms with Crippen molar-refractivity contribution >= 4 is 17.6 Å². The Morgan fingerprint density at radius 2 is 1.94 bits per heavy atom. The van der Waals surface area contributed by atoms with E-state index in [4.69, 9.17) is 19.9 Å². The highest BCUT2D eigenvalue weighted by Gasteiger charge is 2.31. The summed E-state index contributed by atoms with van der Waals surface area (Å²) in [6.45, 7) is 5.40. The number of carbonyl (C=O) groups excluding carboxylic acids is 2. The van der Waals surface area contributed by atoms with Gasteiger partial charge in [-0.05, 0) is 30.6 Å². The van der Waals surface area contributed by atoms with Crippen LogP contribution in [0.3, 0.4) is 0 Å². The summed E-state index contributed by atoms with van der Waals surface area (Å²) in [7, 11) is 4.70. The van der Waals surface area contributed by atoms with E-state index in [1.807, 2.05) is 0 Å². The van der Waals surface area contributed by atoms with Crippen LogP contribution in [0.5, 0.6) is 11.5 Å². The Morgan fingerprint density at radius 3 is 2.53 bits per heavy atom. The fourth-order valence-corrected chi connectivity index (χ4v) is 3.74. The Labute approximate surface area is 198 Å². The highest BCUT2D eigenvalue weighted by Crippen LogP contribution is 2.29. The number of ether oxygens (including phenoxy) is 3. The minimum absolute atomic E-state index is 0.148. The van der Waals surface area contributed by atoms with Crippen LogP contribution >= 0.6 is 0 Å². The lowest BCUT2D eigenvalue weighted by Crippen LogP contribution is -2.28. The number of methoxy groups -OCH3 is 3. The third kappa shape index (κ3) is 5.50. The van der Waals surface area contributed by atoms with Crippen LogP contribution in [-0.4, -0.2) is 74.1 Å². The molecule has 3 rings (SSSR count). The molecule has 180 valence electrons. The monoisotopic (exact) mass is 467 g/mol. The quantitative estimate of drug-likeness (QED) is 0.325. The molecular weight excluding hydrogens is 438 g/mol. The molecule has 1 aliphatic heterocycles. The first-order chi connectivity index (χ1) is 16.4. The summed E-state index contributed by atoms with van der Waals surface area (Å²) in [4.78, 5) is 26.2. The number of aromatic nitrogens is 2. The molecule has 0 aliphatic carbocycles. The molecule has 1 aromatic carbocycles. The number of rotatable bonds is 9. The number of primary amides is 1. The number of nitrogens with two attached hydrogens (primary N) is 1. The van der Waals surface area contributed by atoms with Gasteiger partial charge >= 0.3 is 0 Å². The molecule has 3 N–H and O–H groups in total. The van der Waals surface area contributed by atoms with Gasteiger partial charge in [0.2, 0.25) is 5.91 Å². The van der Waals surface area contributed by atoms with Crippen molar-refractivity contribution in [2.24, 2.45) is 5.73 Å². The number of nitrogens with zero attached hydrogens (tertiary/aromatic N) is 3. The van der Waals surface area contributed by atoms with Crippen LogP contribution in [0.25, 0.3) is 0 Å². The van der Waals surface area contributed by atoms with Crippen molar-refractivity contribution < 1.29 is 23.8 Å². The third-order valence-electron chi connectivity index (χ3n) is 5.43. The molecule has 1 fully saturated rings. The average Bonchev–Trinajstić information content (AvgIpc) is 3.47. The number of benzene rings is 1. The lowest BCUT2D eigenvalue weighted by molar-refractivity contribution is -0.125. The zero-order valence-corrected chi connectivity index (χ0v) is 19.6. The van der Waals surface area contributed by atoms with Crippen molar-refractivity contribution in [3.8, 4) is 23.3 Å². The van der Waals surface area contributed by atoms with E-state index >= 15 is 0 Å². The molecule has 0 radical (unpaired) electrons. The lowest BCUT2D eigenvalue weighted by Gasteiger charge is -2.17. The highest BCUT2D eigenvalue weighted by molar-refractivity contribution is 6.00. The number of carbonyl (C=O) groups is 2. The summed E-state index contributed by atoms with van der Waals surface area (Å²) in [5.74, 6) is 6.81. The van der Waals surface area contributed by atoms with Gasteiger partial charge in [-0.2, -0.15) is 5.10 Å². The maximum absolute atomic E-state index is 12.4. The Kier molecular flexibility index (Phi) is 8.16. The Balaban J connectivity index is 2.04. The van der Waals surface area contributed by atoms with Crippen molar-refractivity contribution in [1.29, 1.82) is 0 Å². The van der Waals surface area contributed by atoms with E-state index in [0.717, 1.165) is 0 Å².